The summed E-state index contributed by atoms with van der Waals surface area (Å²) in [6.07, 6.45) is 0. The van der Waals surface area contributed by atoms with Crippen molar-refractivity contribution in [2.45, 2.75) is 13.5 Å². The highest BCUT2D eigenvalue weighted by atomic mass is 79.9. The summed E-state index contributed by atoms with van der Waals surface area (Å²) in [5.74, 6) is 0.0725. The normalized spacial score (nSPS) is 11.2. The molecule has 1 heterocycles. The number of azo groups is 1. The molecule has 0 atom stereocenters. The smallest absolute Gasteiger partial charge is 0.232 e. The maximum absolute atomic E-state index is 9.90. The molecule has 0 saturated carbocycles. The summed E-state index contributed by atoms with van der Waals surface area (Å²) in [5, 5.41) is 18.5. The van der Waals surface area contributed by atoms with Crippen LogP contribution < -0.4 is 0 Å². The molecule has 1 aromatic heterocycles. The minimum atomic E-state index is 0.0725. The Bertz CT molecular complexity index is 648. The standard InChI is InChI=1S/C11H10BrN3OS2/c1-2-15-10(16)9(18-11(15)17)14-13-8-6-4-3-5-7(8)12/h3-6,16H,2H2,1H3. The van der Waals surface area contributed by atoms with Gasteiger partial charge in [0.15, 0.2) is 3.95 Å². The molecule has 1 aromatic carbocycles. The average molecular weight is 344 g/mol. The van der Waals surface area contributed by atoms with E-state index in [0.29, 0.717) is 21.2 Å². The second-order valence-corrected chi connectivity index (χ2v) is 5.87. The molecule has 0 radical (unpaired) electrons. The van der Waals surface area contributed by atoms with Gasteiger partial charge in [0.1, 0.15) is 0 Å². The first-order chi connectivity index (χ1) is 8.63. The number of nitrogens with zero attached hydrogens (tertiary/aromatic N) is 3. The van der Waals surface area contributed by atoms with Gasteiger partial charge in [-0.2, -0.15) is 0 Å². The first-order valence-electron chi connectivity index (χ1n) is 5.22. The summed E-state index contributed by atoms with van der Waals surface area (Å²) in [5.41, 5.74) is 0.708. The fraction of sp³-hybridized carbons (Fsp3) is 0.182. The zero-order chi connectivity index (χ0) is 13.1. The minimum absolute atomic E-state index is 0.0725. The SMILES string of the molecule is CCn1c(O)c(N=Nc2ccccc2Br)sc1=S. The Morgan fingerprint density at radius 1 is 1.39 bits per heavy atom. The van der Waals surface area contributed by atoms with Gasteiger partial charge in [0.05, 0.1) is 5.69 Å². The van der Waals surface area contributed by atoms with Crippen LogP contribution in [0.3, 0.4) is 0 Å². The van der Waals surface area contributed by atoms with Crippen molar-refractivity contribution in [2.24, 2.45) is 10.2 Å². The van der Waals surface area contributed by atoms with Crippen LogP contribution in [0.5, 0.6) is 5.88 Å². The molecule has 0 fully saturated rings. The van der Waals surface area contributed by atoms with Gasteiger partial charge in [-0.15, -0.1) is 10.2 Å². The lowest BCUT2D eigenvalue weighted by molar-refractivity contribution is 0.421. The number of hydrogen-bond acceptors (Lipinski definition) is 5. The predicted octanol–water partition coefficient (Wildman–Crippen LogP) is 5.18. The third-order valence-electron chi connectivity index (χ3n) is 2.27. The van der Waals surface area contributed by atoms with E-state index in [9.17, 15) is 5.11 Å². The van der Waals surface area contributed by atoms with Gasteiger partial charge in [0.25, 0.3) is 0 Å². The Kier molecular flexibility index (Phi) is 4.26. The van der Waals surface area contributed by atoms with Crippen LogP contribution in [-0.2, 0) is 6.54 Å². The fourth-order valence-electron chi connectivity index (χ4n) is 1.36. The van der Waals surface area contributed by atoms with Gasteiger partial charge in [-0.05, 0) is 47.2 Å². The van der Waals surface area contributed by atoms with E-state index >= 15 is 0 Å². The van der Waals surface area contributed by atoms with Gasteiger partial charge >= 0.3 is 0 Å². The molecular formula is C11H10BrN3OS2. The highest BCUT2D eigenvalue weighted by molar-refractivity contribution is 9.10. The molecule has 0 aliphatic carbocycles. The lowest BCUT2D eigenvalue weighted by Crippen LogP contribution is -1.90. The zero-order valence-corrected chi connectivity index (χ0v) is 12.7. The third-order valence-corrected chi connectivity index (χ3v) is 4.26. The van der Waals surface area contributed by atoms with Gasteiger partial charge in [0.2, 0.25) is 10.9 Å². The van der Waals surface area contributed by atoms with Gasteiger partial charge in [-0.3, -0.25) is 4.57 Å². The van der Waals surface area contributed by atoms with Gasteiger partial charge in [0, 0.05) is 11.0 Å². The van der Waals surface area contributed by atoms with Crippen LogP contribution in [0.1, 0.15) is 6.92 Å². The third kappa shape index (κ3) is 2.68. The van der Waals surface area contributed by atoms with Crippen LogP contribution in [0, 0.1) is 3.95 Å². The molecule has 94 valence electrons. The van der Waals surface area contributed by atoms with Crippen molar-refractivity contribution in [1.29, 1.82) is 0 Å². The summed E-state index contributed by atoms with van der Waals surface area (Å²) in [6, 6.07) is 7.49. The van der Waals surface area contributed by atoms with Crippen molar-refractivity contribution in [1.82, 2.24) is 4.57 Å². The van der Waals surface area contributed by atoms with Crippen LogP contribution in [0.25, 0.3) is 0 Å². The number of benzene rings is 1. The molecule has 0 bridgehead atoms. The molecule has 0 aliphatic heterocycles. The number of hydrogen-bond donors (Lipinski definition) is 1. The second-order valence-electron chi connectivity index (χ2n) is 3.39. The van der Waals surface area contributed by atoms with Crippen molar-refractivity contribution in [3.8, 4) is 5.88 Å². The van der Waals surface area contributed by atoms with E-state index in [2.05, 4.69) is 26.2 Å². The topological polar surface area (TPSA) is 49.9 Å². The van der Waals surface area contributed by atoms with E-state index in [4.69, 9.17) is 12.2 Å². The lowest BCUT2D eigenvalue weighted by Gasteiger charge is -1.97. The van der Waals surface area contributed by atoms with E-state index in [0.717, 1.165) is 4.47 Å². The lowest BCUT2D eigenvalue weighted by atomic mass is 10.3. The van der Waals surface area contributed by atoms with E-state index in [1.54, 1.807) is 4.57 Å². The molecule has 0 unspecified atom stereocenters. The average Bonchev–Trinajstić information content (AvgIpc) is 2.63. The van der Waals surface area contributed by atoms with E-state index in [-0.39, 0.29) is 5.88 Å². The monoisotopic (exact) mass is 343 g/mol. The van der Waals surface area contributed by atoms with Gasteiger partial charge < -0.3 is 5.11 Å². The van der Waals surface area contributed by atoms with Gasteiger partial charge in [-0.25, -0.2) is 0 Å². The highest BCUT2D eigenvalue weighted by Gasteiger charge is 2.09. The summed E-state index contributed by atoms with van der Waals surface area (Å²) >= 11 is 9.75. The fourth-order valence-corrected chi connectivity index (χ4v) is 2.95. The number of rotatable bonds is 3. The number of aromatic nitrogens is 1. The molecule has 1 N–H and O–H groups in total. The van der Waals surface area contributed by atoms with Crippen molar-refractivity contribution in [3.63, 3.8) is 0 Å². The quantitative estimate of drug-likeness (QED) is 0.616. The first kappa shape index (κ1) is 13.4. The Balaban J connectivity index is 2.36. The molecule has 2 rings (SSSR count). The molecule has 0 amide bonds. The van der Waals surface area contributed by atoms with Crippen LogP contribution >= 0.6 is 39.5 Å². The van der Waals surface area contributed by atoms with E-state index in [1.807, 2.05) is 31.2 Å². The van der Waals surface area contributed by atoms with Crippen molar-refractivity contribution in [2.75, 3.05) is 0 Å². The molecule has 0 saturated heterocycles. The molecule has 2 aromatic rings. The Labute approximate surface area is 122 Å². The van der Waals surface area contributed by atoms with Crippen LogP contribution in [-0.4, -0.2) is 9.67 Å². The molecule has 0 aliphatic rings. The number of halogens is 1. The Morgan fingerprint density at radius 3 is 2.72 bits per heavy atom. The summed E-state index contributed by atoms with van der Waals surface area (Å²) in [4.78, 5) is 0. The first-order valence-corrected chi connectivity index (χ1v) is 7.24. The molecule has 4 nitrogen and oxygen atoms in total. The van der Waals surface area contributed by atoms with Crippen molar-refractivity contribution in [3.05, 3.63) is 32.7 Å². The van der Waals surface area contributed by atoms with Crippen molar-refractivity contribution >= 4 is 50.2 Å². The molecular weight excluding hydrogens is 334 g/mol. The van der Waals surface area contributed by atoms with E-state index < -0.39 is 0 Å². The predicted molar refractivity (Wildman–Crippen MR) is 78.8 cm³/mol. The highest BCUT2D eigenvalue weighted by Crippen LogP contribution is 2.36. The van der Waals surface area contributed by atoms with Crippen LogP contribution in [0.4, 0.5) is 10.7 Å². The maximum atomic E-state index is 9.90. The van der Waals surface area contributed by atoms with E-state index in [1.165, 1.54) is 11.3 Å². The van der Waals surface area contributed by atoms with Gasteiger partial charge in [-0.1, -0.05) is 23.5 Å². The zero-order valence-electron chi connectivity index (χ0n) is 9.50. The maximum Gasteiger partial charge on any atom is 0.232 e. The number of aromatic hydroxyl groups is 1. The van der Waals surface area contributed by atoms with Crippen LogP contribution in [0.15, 0.2) is 39.0 Å². The number of thiazole rings is 1. The summed E-state index contributed by atoms with van der Waals surface area (Å²) in [6.45, 7) is 2.53. The van der Waals surface area contributed by atoms with Crippen LogP contribution in [0.2, 0.25) is 0 Å². The summed E-state index contributed by atoms with van der Waals surface area (Å²) < 4.78 is 3.07. The largest absolute Gasteiger partial charge is 0.492 e. The summed E-state index contributed by atoms with van der Waals surface area (Å²) in [7, 11) is 0. The molecule has 7 heteroatoms. The Hall–Kier alpha value is -1.05. The molecule has 0 spiro atoms. The minimum Gasteiger partial charge on any atom is -0.492 e. The molecule has 18 heavy (non-hydrogen) atoms. The van der Waals surface area contributed by atoms with Crippen molar-refractivity contribution < 1.29 is 5.11 Å². The second kappa shape index (κ2) is 5.73. The Morgan fingerprint density at radius 2 is 2.11 bits per heavy atom.